The van der Waals surface area contributed by atoms with E-state index in [1.165, 1.54) is 0 Å². The van der Waals surface area contributed by atoms with Crippen molar-refractivity contribution in [3.63, 3.8) is 0 Å². The largest absolute Gasteiger partial charge is 0.380 e. The average Bonchev–Trinajstić information content (AvgIpc) is 3.30. The molecule has 1 aliphatic rings. The fourth-order valence-electron chi connectivity index (χ4n) is 2.71. The molecular formula is C18H18BrNO2. The molecular weight excluding hydrogens is 342 g/mol. The van der Waals surface area contributed by atoms with Gasteiger partial charge in [0.2, 0.25) is 5.91 Å². The standard InChI is InChI=1S/C18H18BrNO2/c1-22-12-13-4-2-7-16(10-13)20-17(21)18(8-9-18)14-5-3-6-15(19)11-14/h2-7,10-11H,8-9,12H2,1H3,(H,20,21). The Bertz CT molecular complexity index is 695. The van der Waals surface area contributed by atoms with E-state index in [1.54, 1.807) is 7.11 Å². The van der Waals surface area contributed by atoms with Crippen LogP contribution < -0.4 is 5.32 Å². The van der Waals surface area contributed by atoms with Crippen molar-refractivity contribution in [2.45, 2.75) is 24.9 Å². The molecule has 0 atom stereocenters. The molecule has 1 N–H and O–H groups in total. The summed E-state index contributed by atoms with van der Waals surface area (Å²) in [4.78, 5) is 12.7. The maximum atomic E-state index is 12.7. The highest BCUT2D eigenvalue weighted by molar-refractivity contribution is 9.10. The predicted octanol–water partition coefficient (Wildman–Crippen LogP) is 4.27. The van der Waals surface area contributed by atoms with Gasteiger partial charge in [0, 0.05) is 17.3 Å². The smallest absolute Gasteiger partial charge is 0.235 e. The second-order valence-electron chi connectivity index (χ2n) is 5.68. The lowest BCUT2D eigenvalue weighted by Gasteiger charge is -2.16. The van der Waals surface area contributed by atoms with Gasteiger partial charge in [0.15, 0.2) is 0 Å². The molecule has 0 aliphatic heterocycles. The van der Waals surface area contributed by atoms with Crippen molar-refractivity contribution >= 4 is 27.5 Å². The first kappa shape index (κ1) is 15.3. The summed E-state index contributed by atoms with van der Waals surface area (Å²) in [6, 6.07) is 15.8. The quantitative estimate of drug-likeness (QED) is 0.865. The topological polar surface area (TPSA) is 38.3 Å². The number of hydrogen-bond donors (Lipinski definition) is 1. The van der Waals surface area contributed by atoms with E-state index < -0.39 is 0 Å². The van der Waals surface area contributed by atoms with Crippen LogP contribution in [0.2, 0.25) is 0 Å². The summed E-state index contributed by atoms with van der Waals surface area (Å²) in [7, 11) is 1.66. The van der Waals surface area contributed by atoms with E-state index in [9.17, 15) is 4.79 Å². The zero-order chi connectivity index (χ0) is 15.6. The van der Waals surface area contributed by atoms with Gasteiger partial charge in [0.05, 0.1) is 12.0 Å². The van der Waals surface area contributed by atoms with Gasteiger partial charge in [-0.15, -0.1) is 0 Å². The lowest BCUT2D eigenvalue weighted by Crippen LogP contribution is -2.27. The fourth-order valence-corrected chi connectivity index (χ4v) is 3.11. The van der Waals surface area contributed by atoms with Gasteiger partial charge in [-0.3, -0.25) is 4.79 Å². The average molecular weight is 360 g/mol. The van der Waals surface area contributed by atoms with E-state index in [-0.39, 0.29) is 11.3 Å². The summed E-state index contributed by atoms with van der Waals surface area (Å²) in [5, 5.41) is 3.05. The SMILES string of the molecule is COCc1cccc(NC(=O)C2(c3cccc(Br)c3)CC2)c1. The number of anilines is 1. The number of rotatable bonds is 5. The molecule has 4 heteroatoms. The summed E-state index contributed by atoms with van der Waals surface area (Å²) in [5.74, 6) is 0.0696. The second kappa shape index (κ2) is 6.23. The number of carbonyl (C=O) groups is 1. The molecule has 1 fully saturated rings. The van der Waals surface area contributed by atoms with Gasteiger partial charge in [0.25, 0.3) is 0 Å². The Hall–Kier alpha value is -1.65. The van der Waals surface area contributed by atoms with Crippen molar-refractivity contribution in [3.05, 3.63) is 64.1 Å². The van der Waals surface area contributed by atoms with Crippen LogP contribution in [0.5, 0.6) is 0 Å². The second-order valence-corrected chi connectivity index (χ2v) is 6.60. The van der Waals surface area contributed by atoms with Crippen molar-refractivity contribution in [2.75, 3.05) is 12.4 Å². The number of halogens is 1. The highest BCUT2D eigenvalue weighted by atomic mass is 79.9. The lowest BCUT2D eigenvalue weighted by molar-refractivity contribution is -0.118. The Labute approximate surface area is 138 Å². The molecule has 114 valence electrons. The molecule has 0 bridgehead atoms. The number of nitrogens with one attached hydrogen (secondary N) is 1. The Morgan fingerprint density at radius 2 is 2.00 bits per heavy atom. The van der Waals surface area contributed by atoms with E-state index in [2.05, 4.69) is 21.2 Å². The minimum atomic E-state index is -0.374. The zero-order valence-electron chi connectivity index (χ0n) is 12.4. The summed E-state index contributed by atoms with van der Waals surface area (Å²) < 4.78 is 6.14. The Morgan fingerprint density at radius 3 is 2.68 bits per heavy atom. The van der Waals surface area contributed by atoms with Gasteiger partial charge in [0.1, 0.15) is 0 Å². The Kier molecular flexibility index (Phi) is 4.32. The van der Waals surface area contributed by atoms with E-state index in [4.69, 9.17) is 4.74 Å². The molecule has 0 heterocycles. The molecule has 0 radical (unpaired) electrons. The zero-order valence-corrected chi connectivity index (χ0v) is 14.0. The minimum absolute atomic E-state index is 0.0696. The van der Waals surface area contributed by atoms with Crippen LogP contribution in [0, 0.1) is 0 Å². The molecule has 2 aromatic carbocycles. The molecule has 22 heavy (non-hydrogen) atoms. The number of methoxy groups -OCH3 is 1. The van der Waals surface area contributed by atoms with Crippen molar-refractivity contribution in [1.82, 2.24) is 0 Å². The fraction of sp³-hybridized carbons (Fsp3) is 0.278. The van der Waals surface area contributed by atoms with Gasteiger partial charge in [-0.25, -0.2) is 0 Å². The molecule has 1 aliphatic carbocycles. The third kappa shape index (κ3) is 3.08. The number of carbonyl (C=O) groups excluding carboxylic acids is 1. The molecule has 0 spiro atoms. The first-order valence-corrected chi connectivity index (χ1v) is 8.09. The van der Waals surface area contributed by atoms with Crippen LogP contribution in [-0.4, -0.2) is 13.0 Å². The van der Waals surface area contributed by atoms with Crippen LogP contribution in [0.15, 0.2) is 53.0 Å². The number of ether oxygens (including phenoxy) is 1. The van der Waals surface area contributed by atoms with Gasteiger partial charge in [-0.2, -0.15) is 0 Å². The molecule has 3 rings (SSSR count). The van der Waals surface area contributed by atoms with E-state index >= 15 is 0 Å². The highest BCUT2D eigenvalue weighted by Gasteiger charge is 2.51. The van der Waals surface area contributed by atoms with E-state index in [0.717, 1.165) is 34.1 Å². The summed E-state index contributed by atoms with van der Waals surface area (Å²) in [6.07, 6.45) is 1.79. The molecule has 3 nitrogen and oxygen atoms in total. The third-order valence-corrected chi connectivity index (χ3v) is 4.55. The highest BCUT2D eigenvalue weighted by Crippen LogP contribution is 2.49. The first-order valence-electron chi connectivity index (χ1n) is 7.29. The van der Waals surface area contributed by atoms with Crippen molar-refractivity contribution in [3.8, 4) is 0 Å². The third-order valence-electron chi connectivity index (χ3n) is 4.06. The van der Waals surface area contributed by atoms with Crippen LogP contribution in [0.1, 0.15) is 24.0 Å². The normalized spacial score (nSPS) is 15.4. The van der Waals surface area contributed by atoms with Crippen LogP contribution in [-0.2, 0) is 21.6 Å². The molecule has 0 saturated heterocycles. The van der Waals surface area contributed by atoms with Crippen LogP contribution in [0.25, 0.3) is 0 Å². The Morgan fingerprint density at radius 1 is 1.23 bits per heavy atom. The predicted molar refractivity (Wildman–Crippen MR) is 90.8 cm³/mol. The molecule has 1 amide bonds. The van der Waals surface area contributed by atoms with Gasteiger partial charge in [-0.1, -0.05) is 40.2 Å². The Balaban J connectivity index is 1.78. The number of benzene rings is 2. The summed E-state index contributed by atoms with van der Waals surface area (Å²) >= 11 is 3.48. The van der Waals surface area contributed by atoms with E-state index in [1.807, 2.05) is 48.5 Å². The van der Waals surface area contributed by atoms with Crippen molar-refractivity contribution < 1.29 is 9.53 Å². The van der Waals surface area contributed by atoms with Crippen molar-refractivity contribution in [1.29, 1.82) is 0 Å². The summed E-state index contributed by atoms with van der Waals surface area (Å²) in [6.45, 7) is 0.542. The lowest BCUT2D eigenvalue weighted by atomic mass is 9.95. The maximum Gasteiger partial charge on any atom is 0.235 e. The molecule has 0 aromatic heterocycles. The molecule has 2 aromatic rings. The van der Waals surface area contributed by atoms with Crippen molar-refractivity contribution in [2.24, 2.45) is 0 Å². The van der Waals surface area contributed by atoms with Crippen LogP contribution in [0.4, 0.5) is 5.69 Å². The van der Waals surface area contributed by atoms with Crippen LogP contribution in [0.3, 0.4) is 0 Å². The minimum Gasteiger partial charge on any atom is -0.380 e. The van der Waals surface area contributed by atoms with E-state index in [0.29, 0.717) is 6.61 Å². The number of hydrogen-bond acceptors (Lipinski definition) is 2. The van der Waals surface area contributed by atoms with Gasteiger partial charge < -0.3 is 10.1 Å². The van der Waals surface area contributed by atoms with Crippen LogP contribution >= 0.6 is 15.9 Å². The number of amides is 1. The first-order chi connectivity index (χ1) is 10.6. The molecule has 1 saturated carbocycles. The van der Waals surface area contributed by atoms with Gasteiger partial charge >= 0.3 is 0 Å². The maximum absolute atomic E-state index is 12.7. The summed E-state index contributed by atoms with van der Waals surface area (Å²) in [5.41, 5.74) is 2.57. The molecule has 0 unspecified atom stereocenters. The van der Waals surface area contributed by atoms with Gasteiger partial charge in [-0.05, 0) is 48.2 Å². The monoisotopic (exact) mass is 359 g/mol.